The zero-order valence-corrected chi connectivity index (χ0v) is 9.86. The highest BCUT2D eigenvalue weighted by Crippen LogP contribution is 2.26. The number of phenolic OH excluding ortho intramolecular Hbond substituents is 1. The Morgan fingerprint density at radius 3 is 2.65 bits per heavy atom. The summed E-state index contributed by atoms with van der Waals surface area (Å²) >= 11 is 0. The normalized spacial score (nSPS) is 10.0. The molecule has 0 bridgehead atoms. The van der Waals surface area contributed by atoms with E-state index in [1.807, 2.05) is 0 Å². The number of hydrogen-bond donors (Lipinski definition) is 3. The number of aromatic nitrogens is 2. The lowest BCUT2D eigenvalue weighted by Crippen LogP contribution is -2.15. The van der Waals surface area contributed by atoms with Gasteiger partial charge in [0.1, 0.15) is 0 Å². The van der Waals surface area contributed by atoms with E-state index in [2.05, 4.69) is 15.5 Å². The fourth-order valence-corrected chi connectivity index (χ4v) is 1.42. The molecule has 20 heavy (non-hydrogen) atoms. The van der Waals surface area contributed by atoms with Crippen molar-refractivity contribution in [2.24, 2.45) is 0 Å². The Balaban J connectivity index is 2.21. The predicted octanol–water partition coefficient (Wildman–Crippen LogP) is 0.636. The molecular formula is C11H8N4O5. The van der Waals surface area contributed by atoms with Gasteiger partial charge >= 0.3 is 5.69 Å². The van der Waals surface area contributed by atoms with Crippen molar-refractivity contribution in [3.8, 4) is 5.75 Å². The van der Waals surface area contributed by atoms with Crippen molar-refractivity contribution in [3.05, 3.63) is 56.4 Å². The van der Waals surface area contributed by atoms with Crippen LogP contribution in [0.1, 0.15) is 10.4 Å². The molecule has 0 aliphatic rings. The van der Waals surface area contributed by atoms with E-state index in [1.165, 1.54) is 18.2 Å². The number of aromatic amines is 1. The van der Waals surface area contributed by atoms with E-state index >= 15 is 0 Å². The van der Waals surface area contributed by atoms with Gasteiger partial charge in [-0.05, 0) is 18.2 Å². The first kappa shape index (κ1) is 13.2. The van der Waals surface area contributed by atoms with Crippen molar-refractivity contribution >= 4 is 17.4 Å². The highest BCUT2D eigenvalue weighted by molar-refractivity contribution is 6.04. The molecule has 9 heteroatoms. The Morgan fingerprint density at radius 1 is 1.35 bits per heavy atom. The number of carbonyl (C=O) groups excluding carboxylic acids is 1. The van der Waals surface area contributed by atoms with Gasteiger partial charge < -0.3 is 10.4 Å². The van der Waals surface area contributed by atoms with Crippen molar-refractivity contribution in [1.82, 2.24) is 10.2 Å². The number of rotatable bonds is 3. The lowest BCUT2D eigenvalue weighted by Gasteiger charge is -2.04. The number of nitrogens with one attached hydrogen (secondary N) is 2. The molecule has 0 saturated heterocycles. The average molecular weight is 276 g/mol. The number of nitro groups is 1. The minimum atomic E-state index is -0.763. The number of nitro benzene ring substituents is 1. The van der Waals surface area contributed by atoms with Gasteiger partial charge in [0.2, 0.25) is 0 Å². The SMILES string of the molecule is O=C(Nc1ccc(=O)[nH]n1)c1ccc([N+](=O)[O-])c(O)c1. The van der Waals surface area contributed by atoms with E-state index in [0.29, 0.717) is 0 Å². The summed E-state index contributed by atoms with van der Waals surface area (Å²) in [5.74, 6) is -1.14. The molecule has 0 saturated carbocycles. The Morgan fingerprint density at radius 2 is 2.10 bits per heavy atom. The largest absolute Gasteiger partial charge is 0.502 e. The molecule has 2 rings (SSSR count). The quantitative estimate of drug-likeness (QED) is 0.555. The van der Waals surface area contributed by atoms with E-state index in [4.69, 9.17) is 0 Å². The van der Waals surface area contributed by atoms with E-state index in [-0.39, 0.29) is 11.4 Å². The molecule has 0 radical (unpaired) electrons. The molecule has 1 heterocycles. The van der Waals surface area contributed by atoms with E-state index in [1.54, 1.807) is 0 Å². The Kier molecular flexibility index (Phi) is 3.42. The van der Waals surface area contributed by atoms with Crippen molar-refractivity contribution in [2.45, 2.75) is 0 Å². The lowest BCUT2D eigenvalue weighted by atomic mass is 10.2. The monoisotopic (exact) mass is 276 g/mol. The van der Waals surface area contributed by atoms with Gasteiger partial charge in [0.25, 0.3) is 11.5 Å². The fraction of sp³-hybridized carbons (Fsp3) is 0. The van der Waals surface area contributed by atoms with Crippen LogP contribution in [0, 0.1) is 10.1 Å². The van der Waals surface area contributed by atoms with E-state index in [9.17, 15) is 24.8 Å². The number of amides is 1. The number of carbonyl (C=O) groups is 1. The van der Waals surface area contributed by atoms with Crippen LogP contribution < -0.4 is 10.9 Å². The van der Waals surface area contributed by atoms with Crippen LogP contribution in [0.25, 0.3) is 0 Å². The third-order valence-corrected chi connectivity index (χ3v) is 2.36. The maximum atomic E-state index is 11.8. The molecule has 0 unspecified atom stereocenters. The molecule has 1 amide bonds. The second-order valence-electron chi connectivity index (χ2n) is 3.72. The summed E-state index contributed by atoms with van der Waals surface area (Å²) in [5.41, 5.74) is -0.902. The second-order valence-corrected chi connectivity index (χ2v) is 3.72. The number of aromatic hydroxyl groups is 1. The summed E-state index contributed by atoms with van der Waals surface area (Å²) in [7, 11) is 0. The van der Waals surface area contributed by atoms with Crippen LogP contribution in [0.4, 0.5) is 11.5 Å². The highest BCUT2D eigenvalue weighted by atomic mass is 16.6. The summed E-state index contributed by atoms with van der Waals surface area (Å²) in [5, 5.41) is 28.0. The smallest absolute Gasteiger partial charge is 0.310 e. The lowest BCUT2D eigenvalue weighted by molar-refractivity contribution is -0.385. The minimum Gasteiger partial charge on any atom is -0.502 e. The standard InChI is InChI=1S/C11H8N4O5/c16-8-5-6(1-2-7(8)15(19)20)11(18)12-9-3-4-10(17)14-13-9/h1-5,16H,(H,14,17)(H,12,13,18). The van der Waals surface area contributed by atoms with E-state index < -0.39 is 27.8 Å². The topological polar surface area (TPSA) is 138 Å². The molecule has 1 aromatic heterocycles. The number of nitrogens with zero attached hydrogens (tertiary/aromatic N) is 2. The third-order valence-electron chi connectivity index (χ3n) is 2.36. The van der Waals surface area contributed by atoms with Crippen LogP contribution in [-0.4, -0.2) is 26.1 Å². The summed E-state index contributed by atoms with van der Waals surface area (Å²) < 4.78 is 0. The Bertz CT molecular complexity index is 719. The van der Waals surface area contributed by atoms with Gasteiger partial charge in [-0.2, -0.15) is 5.10 Å². The minimum absolute atomic E-state index is 0.0149. The van der Waals surface area contributed by atoms with E-state index in [0.717, 1.165) is 12.1 Å². The van der Waals surface area contributed by atoms with Crippen LogP contribution in [-0.2, 0) is 0 Å². The molecular weight excluding hydrogens is 268 g/mol. The van der Waals surface area contributed by atoms with Crippen LogP contribution in [0.2, 0.25) is 0 Å². The van der Waals surface area contributed by atoms with Gasteiger partial charge in [0, 0.05) is 17.7 Å². The van der Waals surface area contributed by atoms with Gasteiger partial charge in [0.05, 0.1) is 4.92 Å². The van der Waals surface area contributed by atoms with Gasteiger partial charge in [-0.1, -0.05) is 0 Å². The second kappa shape index (κ2) is 5.18. The molecule has 1 aromatic carbocycles. The first-order valence-electron chi connectivity index (χ1n) is 5.32. The number of hydrogen-bond acceptors (Lipinski definition) is 6. The van der Waals surface area contributed by atoms with Crippen LogP contribution in [0.5, 0.6) is 5.75 Å². The number of phenols is 1. The zero-order valence-electron chi connectivity index (χ0n) is 9.86. The maximum absolute atomic E-state index is 11.8. The first-order chi connectivity index (χ1) is 9.47. The van der Waals surface area contributed by atoms with Crippen LogP contribution in [0.3, 0.4) is 0 Å². The molecule has 0 aliphatic heterocycles. The Labute approximate surface area is 111 Å². The predicted molar refractivity (Wildman–Crippen MR) is 67.6 cm³/mol. The maximum Gasteiger partial charge on any atom is 0.310 e. The highest BCUT2D eigenvalue weighted by Gasteiger charge is 2.16. The zero-order chi connectivity index (χ0) is 14.7. The van der Waals surface area contributed by atoms with Gasteiger partial charge in [-0.25, -0.2) is 5.10 Å². The van der Waals surface area contributed by atoms with Crippen molar-refractivity contribution in [3.63, 3.8) is 0 Å². The molecule has 0 aliphatic carbocycles. The fourth-order valence-electron chi connectivity index (χ4n) is 1.42. The molecule has 9 nitrogen and oxygen atoms in total. The van der Waals surface area contributed by atoms with Crippen molar-refractivity contribution < 1.29 is 14.8 Å². The third kappa shape index (κ3) is 2.77. The molecule has 3 N–H and O–H groups in total. The Hall–Kier alpha value is -3.23. The molecule has 0 spiro atoms. The van der Waals surface area contributed by atoms with Gasteiger partial charge in [-0.15, -0.1) is 0 Å². The molecule has 0 atom stereocenters. The van der Waals surface area contributed by atoms with Crippen molar-refractivity contribution in [2.75, 3.05) is 5.32 Å². The summed E-state index contributed by atoms with van der Waals surface area (Å²) in [6.07, 6.45) is 0. The summed E-state index contributed by atoms with van der Waals surface area (Å²) in [6, 6.07) is 5.65. The first-order valence-corrected chi connectivity index (χ1v) is 5.32. The van der Waals surface area contributed by atoms with Crippen LogP contribution in [0.15, 0.2) is 35.1 Å². The number of H-pyrrole nitrogens is 1. The van der Waals surface area contributed by atoms with Gasteiger partial charge in [-0.3, -0.25) is 19.7 Å². The van der Waals surface area contributed by atoms with Gasteiger partial charge in [0.15, 0.2) is 11.6 Å². The number of anilines is 1. The van der Waals surface area contributed by atoms with Crippen LogP contribution >= 0.6 is 0 Å². The molecule has 2 aromatic rings. The summed E-state index contributed by atoms with van der Waals surface area (Å²) in [4.78, 5) is 32.4. The van der Waals surface area contributed by atoms with Crippen molar-refractivity contribution in [1.29, 1.82) is 0 Å². The number of benzene rings is 1. The molecule has 102 valence electrons. The summed E-state index contributed by atoms with van der Waals surface area (Å²) in [6.45, 7) is 0. The molecule has 0 fully saturated rings. The average Bonchev–Trinajstić information content (AvgIpc) is 2.40.